The zero-order valence-electron chi connectivity index (χ0n) is 12.4. The van der Waals surface area contributed by atoms with Gasteiger partial charge in [-0.15, -0.1) is 0 Å². The van der Waals surface area contributed by atoms with Gasteiger partial charge in [-0.2, -0.15) is 0 Å². The minimum Gasteiger partial charge on any atom is -0.310 e. The van der Waals surface area contributed by atoms with E-state index in [0.717, 1.165) is 13.0 Å². The van der Waals surface area contributed by atoms with E-state index in [1.165, 1.54) is 26.7 Å². The summed E-state index contributed by atoms with van der Waals surface area (Å²) in [5, 5.41) is 3.61. The summed E-state index contributed by atoms with van der Waals surface area (Å²) in [7, 11) is 0. The van der Waals surface area contributed by atoms with Gasteiger partial charge in [-0.3, -0.25) is 0 Å². The first-order valence-electron chi connectivity index (χ1n) is 7.16. The average molecular weight is 332 g/mol. The smallest absolute Gasteiger partial charge is 0.0372 e. The summed E-state index contributed by atoms with van der Waals surface area (Å²) in [5.41, 5.74) is 5.53. The van der Waals surface area contributed by atoms with E-state index >= 15 is 0 Å². The molecule has 2 rings (SSSR count). The van der Waals surface area contributed by atoms with E-state index in [2.05, 4.69) is 84.5 Å². The van der Waals surface area contributed by atoms with Crippen molar-refractivity contribution in [1.29, 1.82) is 0 Å². The number of rotatable bonds is 5. The Morgan fingerprint density at radius 2 is 1.65 bits per heavy atom. The molecule has 0 heterocycles. The number of hydrogen-bond acceptors (Lipinski definition) is 1. The zero-order valence-corrected chi connectivity index (χ0v) is 14.0. The van der Waals surface area contributed by atoms with Crippen molar-refractivity contribution in [2.45, 2.75) is 33.2 Å². The van der Waals surface area contributed by atoms with Crippen molar-refractivity contribution in [2.24, 2.45) is 0 Å². The van der Waals surface area contributed by atoms with E-state index in [9.17, 15) is 0 Å². The number of nitrogens with one attached hydrogen (secondary N) is 1. The van der Waals surface area contributed by atoms with Crippen molar-refractivity contribution in [3.63, 3.8) is 0 Å². The van der Waals surface area contributed by atoms with Gasteiger partial charge in [-0.1, -0.05) is 59.3 Å². The zero-order chi connectivity index (χ0) is 14.5. The molecule has 0 aliphatic rings. The van der Waals surface area contributed by atoms with E-state index in [1.54, 1.807) is 0 Å². The van der Waals surface area contributed by atoms with Crippen molar-refractivity contribution in [3.8, 4) is 0 Å². The van der Waals surface area contributed by atoms with E-state index in [0.29, 0.717) is 6.04 Å². The predicted molar refractivity (Wildman–Crippen MR) is 90.2 cm³/mol. The normalized spacial score (nSPS) is 12.4. The molecule has 0 saturated heterocycles. The van der Waals surface area contributed by atoms with Crippen LogP contribution in [0.15, 0.2) is 46.9 Å². The maximum absolute atomic E-state index is 3.68. The molecule has 0 fully saturated rings. The van der Waals surface area contributed by atoms with Gasteiger partial charge in [0, 0.05) is 10.5 Å². The van der Waals surface area contributed by atoms with Crippen molar-refractivity contribution in [1.82, 2.24) is 5.32 Å². The Balaban J connectivity index is 2.33. The third kappa shape index (κ3) is 3.50. The SMILES string of the molecule is CCNC(Cc1c(C)cccc1C)c1ccccc1Br. The summed E-state index contributed by atoms with van der Waals surface area (Å²) in [5.74, 6) is 0. The lowest BCUT2D eigenvalue weighted by atomic mass is 9.93. The largest absolute Gasteiger partial charge is 0.310 e. The lowest BCUT2D eigenvalue weighted by Gasteiger charge is -2.22. The molecule has 0 amide bonds. The molecule has 106 valence electrons. The second-order valence-electron chi connectivity index (χ2n) is 5.21. The molecule has 20 heavy (non-hydrogen) atoms. The molecule has 0 aromatic heterocycles. The maximum atomic E-state index is 3.68. The molecule has 2 heteroatoms. The first-order chi connectivity index (χ1) is 9.63. The van der Waals surface area contributed by atoms with E-state index in [-0.39, 0.29) is 0 Å². The quantitative estimate of drug-likeness (QED) is 0.816. The Morgan fingerprint density at radius 1 is 1.00 bits per heavy atom. The van der Waals surface area contributed by atoms with E-state index < -0.39 is 0 Å². The fourth-order valence-corrected chi connectivity index (χ4v) is 3.23. The van der Waals surface area contributed by atoms with Gasteiger partial charge in [-0.25, -0.2) is 0 Å². The molecule has 1 unspecified atom stereocenters. The van der Waals surface area contributed by atoms with Gasteiger partial charge >= 0.3 is 0 Å². The molecule has 0 saturated carbocycles. The van der Waals surface area contributed by atoms with Gasteiger partial charge < -0.3 is 5.32 Å². The molecule has 1 N–H and O–H groups in total. The monoisotopic (exact) mass is 331 g/mol. The number of halogens is 1. The number of hydrogen-bond donors (Lipinski definition) is 1. The molecule has 0 aliphatic heterocycles. The summed E-state index contributed by atoms with van der Waals surface area (Å²) in [6, 6.07) is 15.4. The van der Waals surface area contributed by atoms with Crippen molar-refractivity contribution < 1.29 is 0 Å². The Bertz CT molecular complexity index is 557. The summed E-state index contributed by atoms with van der Waals surface area (Å²) < 4.78 is 1.18. The number of likely N-dealkylation sites (N-methyl/N-ethyl adjacent to an activating group) is 1. The van der Waals surface area contributed by atoms with Crippen LogP contribution in [0.5, 0.6) is 0 Å². The van der Waals surface area contributed by atoms with Crippen LogP contribution in [0.4, 0.5) is 0 Å². The summed E-state index contributed by atoms with van der Waals surface area (Å²) in [6.07, 6.45) is 1.02. The molecule has 0 radical (unpaired) electrons. The van der Waals surface area contributed by atoms with Crippen LogP contribution in [0.2, 0.25) is 0 Å². The van der Waals surface area contributed by atoms with Gasteiger partial charge in [0.15, 0.2) is 0 Å². The second kappa shape index (κ2) is 7.05. The molecule has 2 aromatic rings. The Morgan fingerprint density at radius 3 is 2.25 bits per heavy atom. The topological polar surface area (TPSA) is 12.0 Å². The highest BCUT2D eigenvalue weighted by Crippen LogP contribution is 2.28. The van der Waals surface area contributed by atoms with Crippen LogP contribution < -0.4 is 5.32 Å². The first kappa shape index (κ1) is 15.3. The fraction of sp³-hybridized carbons (Fsp3) is 0.333. The molecule has 2 aromatic carbocycles. The minimum absolute atomic E-state index is 0.343. The van der Waals surface area contributed by atoms with E-state index in [1.807, 2.05) is 0 Å². The molecule has 0 bridgehead atoms. The lowest BCUT2D eigenvalue weighted by Crippen LogP contribution is -2.24. The Labute approximate surface area is 130 Å². The van der Waals surface area contributed by atoms with Crippen LogP contribution in [0.1, 0.15) is 35.2 Å². The molecule has 1 nitrogen and oxygen atoms in total. The molecular formula is C18H22BrN. The van der Waals surface area contributed by atoms with Gasteiger partial charge in [0.1, 0.15) is 0 Å². The summed E-state index contributed by atoms with van der Waals surface area (Å²) in [6.45, 7) is 7.53. The standard InChI is InChI=1S/C18H22BrN/c1-4-20-18(15-10-5-6-11-17(15)19)12-16-13(2)8-7-9-14(16)3/h5-11,18,20H,4,12H2,1-3H3. The highest BCUT2D eigenvalue weighted by atomic mass is 79.9. The first-order valence-corrected chi connectivity index (χ1v) is 7.95. The van der Waals surface area contributed by atoms with E-state index in [4.69, 9.17) is 0 Å². The third-order valence-corrected chi connectivity index (χ3v) is 4.51. The van der Waals surface area contributed by atoms with Crippen LogP contribution >= 0.6 is 15.9 Å². The van der Waals surface area contributed by atoms with Crippen molar-refractivity contribution in [2.75, 3.05) is 6.54 Å². The van der Waals surface area contributed by atoms with Crippen LogP contribution in [0, 0.1) is 13.8 Å². The predicted octanol–water partition coefficient (Wildman–Crippen LogP) is 4.96. The van der Waals surface area contributed by atoms with Crippen LogP contribution in [-0.4, -0.2) is 6.54 Å². The van der Waals surface area contributed by atoms with Gasteiger partial charge in [0.2, 0.25) is 0 Å². The summed E-state index contributed by atoms with van der Waals surface area (Å²) in [4.78, 5) is 0. The molecule has 0 aliphatic carbocycles. The van der Waals surface area contributed by atoms with Crippen LogP contribution in [-0.2, 0) is 6.42 Å². The average Bonchev–Trinajstić information content (AvgIpc) is 2.43. The van der Waals surface area contributed by atoms with Crippen molar-refractivity contribution in [3.05, 3.63) is 69.2 Å². The van der Waals surface area contributed by atoms with Gasteiger partial charge in [0.25, 0.3) is 0 Å². The van der Waals surface area contributed by atoms with Crippen LogP contribution in [0.25, 0.3) is 0 Å². The van der Waals surface area contributed by atoms with Crippen molar-refractivity contribution >= 4 is 15.9 Å². The Kier molecular flexibility index (Phi) is 5.38. The third-order valence-electron chi connectivity index (χ3n) is 3.78. The van der Waals surface area contributed by atoms with Crippen LogP contribution in [0.3, 0.4) is 0 Å². The molecular weight excluding hydrogens is 310 g/mol. The highest BCUT2D eigenvalue weighted by molar-refractivity contribution is 9.10. The number of benzene rings is 2. The maximum Gasteiger partial charge on any atom is 0.0372 e. The minimum atomic E-state index is 0.343. The molecule has 1 atom stereocenters. The Hall–Kier alpha value is -1.12. The highest BCUT2D eigenvalue weighted by Gasteiger charge is 2.15. The molecule has 0 spiro atoms. The number of aryl methyl sites for hydroxylation is 2. The summed E-state index contributed by atoms with van der Waals surface area (Å²) >= 11 is 3.68. The van der Waals surface area contributed by atoms with Gasteiger partial charge in [0.05, 0.1) is 0 Å². The van der Waals surface area contributed by atoms with Gasteiger partial charge in [-0.05, 0) is 55.1 Å². The fourth-order valence-electron chi connectivity index (χ4n) is 2.67. The second-order valence-corrected chi connectivity index (χ2v) is 6.06. The lowest BCUT2D eigenvalue weighted by molar-refractivity contribution is 0.546.